The van der Waals surface area contributed by atoms with Crippen molar-refractivity contribution in [2.75, 3.05) is 0 Å². The molecule has 0 saturated heterocycles. The smallest absolute Gasteiger partial charge is 0.145 e. The van der Waals surface area contributed by atoms with Gasteiger partial charge in [-0.25, -0.2) is 0 Å². The van der Waals surface area contributed by atoms with E-state index < -0.39 is 7.42 Å². The monoisotopic (exact) mass is 210 g/mol. The molecule has 0 aliphatic rings. The average molecular weight is 211 g/mol. The van der Waals surface area contributed by atoms with Crippen LogP contribution in [0.3, 0.4) is 0 Å². The Morgan fingerprint density at radius 2 is 1.73 bits per heavy atom. The molecule has 0 nitrogen and oxygen atoms in total. The molecule has 0 N–H and O–H groups in total. The van der Waals surface area contributed by atoms with Crippen LogP contribution in [0.1, 0.15) is 26.7 Å². The van der Waals surface area contributed by atoms with Crippen molar-refractivity contribution >= 4 is 29.6 Å². The lowest BCUT2D eigenvalue weighted by molar-refractivity contribution is 1.23. The molecule has 11 heavy (non-hydrogen) atoms. The van der Waals surface area contributed by atoms with Crippen LogP contribution in [0.5, 0.6) is 0 Å². The van der Waals surface area contributed by atoms with Crippen molar-refractivity contribution in [1.29, 1.82) is 0 Å². The van der Waals surface area contributed by atoms with Gasteiger partial charge in [0, 0.05) is 0 Å². The Bertz CT molecular complexity index is 100. The molecular weight excluding hydrogens is 195 g/mol. The molecule has 0 fully saturated rings. The molecule has 3 heteroatoms. The van der Waals surface area contributed by atoms with Gasteiger partial charge in [0.05, 0.1) is 0 Å². The Hall–Kier alpha value is 0.277. The Morgan fingerprint density at radius 3 is 1.82 bits per heavy atom. The first-order valence-corrected chi connectivity index (χ1v) is 7.90. The SMILES string of the molecule is C=CCC.CCC=C[SiH](Cl)Cl. The maximum absolute atomic E-state index is 5.47. The van der Waals surface area contributed by atoms with E-state index in [2.05, 4.69) is 20.4 Å². The van der Waals surface area contributed by atoms with Gasteiger partial charge >= 0.3 is 0 Å². The Labute approximate surface area is 80.9 Å². The van der Waals surface area contributed by atoms with Crippen LogP contribution in [0.2, 0.25) is 0 Å². The van der Waals surface area contributed by atoms with Crippen molar-refractivity contribution in [3.05, 3.63) is 24.4 Å². The van der Waals surface area contributed by atoms with Gasteiger partial charge in [-0.05, 0) is 12.8 Å². The number of hydrogen-bond donors (Lipinski definition) is 0. The van der Waals surface area contributed by atoms with Crippen LogP contribution in [-0.2, 0) is 0 Å². The molecule has 0 heterocycles. The summed E-state index contributed by atoms with van der Waals surface area (Å²) in [6, 6.07) is 0. The fourth-order valence-corrected chi connectivity index (χ4v) is 1.33. The highest BCUT2D eigenvalue weighted by Gasteiger charge is 1.89. The lowest BCUT2D eigenvalue weighted by Gasteiger charge is -1.80. The van der Waals surface area contributed by atoms with E-state index >= 15 is 0 Å². The molecule has 0 saturated carbocycles. The third kappa shape index (κ3) is 25.3. The second kappa shape index (κ2) is 12.9. The maximum Gasteiger partial charge on any atom is 0.259 e. The first kappa shape index (κ1) is 13.8. The Morgan fingerprint density at radius 1 is 1.27 bits per heavy atom. The molecule has 0 rings (SSSR count). The average Bonchev–Trinajstić information content (AvgIpc) is 2.01. The minimum atomic E-state index is -1.42. The van der Waals surface area contributed by atoms with Gasteiger partial charge in [0.15, 0.2) is 0 Å². The summed E-state index contributed by atoms with van der Waals surface area (Å²) in [6.07, 6.45) is 5.99. The van der Waals surface area contributed by atoms with E-state index in [9.17, 15) is 0 Å². The van der Waals surface area contributed by atoms with E-state index in [0.717, 1.165) is 12.8 Å². The summed E-state index contributed by atoms with van der Waals surface area (Å²) in [5.41, 5.74) is 1.89. The van der Waals surface area contributed by atoms with Gasteiger partial charge in [0.2, 0.25) is 0 Å². The van der Waals surface area contributed by atoms with Gasteiger partial charge in [-0.15, -0.1) is 28.7 Å². The minimum absolute atomic E-state index is 1.03. The summed E-state index contributed by atoms with van der Waals surface area (Å²) in [5.74, 6) is 0. The summed E-state index contributed by atoms with van der Waals surface area (Å²) in [7, 11) is -1.42. The highest BCUT2D eigenvalue weighted by Crippen LogP contribution is 1.96. The van der Waals surface area contributed by atoms with Crippen molar-refractivity contribution in [2.24, 2.45) is 0 Å². The zero-order valence-electron chi connectivity index (χ0n) is 7.19. The van der Waals surface area contributed by atoms with Crippen LogP contribution in [-0.4, -0.2) is 7.42 Å². The van der Waals surface area contributed by atoms with Gasteiger partial charge < -0.3 is 0 Å². The quantitative estimate of drug-likeness (QED) is 0.378. The summed E-state index contributed by atoms with van der Waals surface area (Å²) in [4.78, 5) is 0. The van der Waals surface area contributed by atoms with E-state index in [4.69, 9.17) is 22.2 Å². The van der Waals surface area contributed by atoms with Crippen LogP contribution in [0.15, 0.2) is 24.4 Å². The summed E-state index contributed by atoms with van der Waals surface area (Å²) < 4.78 is 0. The van der Waals surface area contributed by atoms with E-state index in [1.807, 2.05) is 17.9 Å². The highest BCUT2D eigenvalue weighted by molar-refractivity contribution is 7.36. The number of halogens is 2. The van der Waals surface area contributed by atoms with Crippen LogP contribution < -0.4 is 0 Å². The summed E-state index contributed by atoms with van der Waals surface area (Å²) >= 11 is 10.9. The van der Waals surface area contributed by atoms with Crippen LogP contribution in [0.25, 0.3) is 0 Å². The molecule has 0 amide bonds. The van der Waals surface area contributed by atoms with Gasteiger partial charge in [-0.2, -0.15) is 0 Å². The second-order valence-electron chi connectivity index (χ2n) is 1.87. The molecule has 0 aromatic heterocycles. The first-order chi connectivity index (χ1) is 5.18. The highest BCUT2D eigenvalue weighted by atomic mass is 35.7. The van der Waals surface area contributed by atoms with E-state index in [-0.39, 0.29) is 0 Å². The normalized spacial score (nSPS) is 9.55. The van der Waals surface area contributed by atoms with Crippen molar-refractivity contribution < 1.29 is 0 Å². The van der Waals surface area contributed by atoms with Crippen molar-refractivity contribution in [3.63, 3.8) is 0 Å². The van der Waals surface area contributed by atoms with Gasteiger partial charge in [0.25, 0.3) is 7.42 Å². The molecule has 0 aromatic rings. The molecule has 0 radical (unpaired) electrons. The molecule has 0 aromatic carbocycles. The number of rotatable bonds is 3. The minimum Gasteiger partial charge on any atom is -0.145 e. The fourth-order valence-electron chi connectivity index (χ4n) is 0.239. The molecule has 0 aliphatic carbocycles. The van der Waals surface area contributed by atoms with E-state index in [0.29, 0.717) is 0 Å². The standard InChI is InChI=1S/C4H8Cl2Si.C4H8/c1-2-3-4-7(5)6;1-3-4-2/h3-4,7H,2H2,1H3;3H,1,4H2,2H3. The lowest BCUT2D eigenvalue weighted by Crippen LogP contribution is -1.81. The third-order valence-corrected chi connectivity index (χ3v) is 2.24. The van der Waals surface area contributed by atoms with Gasteiger partial charge in [0.1, 0.15) is 0 Å². The molecule has 0 spiro atoms. The zero-order chi connectivity index (χ0) is 9.11. The molecule has 0 atom stereocenters. The molecule has 0 unspecified atom stereocenters. The predicted octanol–water partition coefficient (Wildman–Crippen LogP) is 3.77. The topological polar surface area (TPSA) is 0 Å². The first-order valence-electron chi connectivity index (χ1n) is 3.74. The zero-order valence-corrected chi connectivity index (χ0v) is 9.85. The maximum atomic E-state index is 5.47. The molecule has 0 bridgehead atoms. The van der Waals surface area contributed by atoms with Crippen molar-refractivity contribution in [2.45, 2.75) is 26.7 Å². The van der Waals surface area contributed by atoms with Gasteiger partial charge in [-0.1, -0.05) is 31.7 Å². The van der Waals surface area contributed by atoms with Crippen LogP contribution in [0.4, 0.5) is 0 Å². The lowest BCUT2D eigenvalue weighted by atomic mass is 10.5. The van der Waals surface area contributed by atoms with Crippen molar-refractivity contribution in [3.8, 4) is 0 Å². The molecular formula is C8H16Cl2Si. The molecule has 66 valence electrons. The Balaban J connectivity index is 0. The van der Waals surface area contributed by atoms with Crippen molar-refractivity contribution in [1.82, 2.24) is 0 Å². The molecule has 0 aliphatic heterocycles. The summed E-state index contributed by atoms with van der Waals surface area (Å²) in [6.45, 7) is 7.60. The third-order valence-electron chi connectivity index (χ3n) is 0.806. The van der Waals surface area contributed by atoms with Gasteiger partial charge in [-0.3, -0.25) is 0 Å². The summed E-state index contributed by atoms with van der Waals surface area (Å²) in [5, 5.41) is 0. The van der Waals surface area contributed by atoms with Crippen LogP contribution in [0, 0.1) is 0 Å². The van der Waals surface area contributed by atoms with Crippen LogP contribution >= 0.6 is 22.2 Å². The van der Waals surface area contributed by atoms with E-state index in [1.165, 1.54) is 0 Å². The number of hydrogen-bond acceptors (Lipinski definition) is 0. The predicted molar refractivity (Wildman–Crippen MR) is 58.8 cm³/mol. The largest absolute Gasteiger partial charge is 0.259 e. The fraction of sp³-hybridized carbons (Fsp3) is 0.500. The van der Waals surface area contributed by atoms with E-state index in [1.54, 1.807) is 0 Å². The second-order valence-corrected chi connectivity index (χ2v) is 6.41. The number of allylic oxidation sites excluding steroid dienone is 2. The Kier molecular flexibility index (Phi) is 16.2.